The van der Waals surface area contributed by atoms with E-state index in [0.717, 1.165) is 43.3 Å². The molecule has 0 N–H and O–H groups in total. The largest absolute Gasteiger partial charge is 0.490 e. The van der Waals surface area contributed by atoms with Gasteiger partial charge in [0, 0.05) is 19.1 Å². The number of ether oxygens (including phenoxy) is 2. The minimum absolute atomic E-state index is 0.254. The summed E-state index contributed by atoms with van der Waals surface area (Å²) in [6.45, 7) is 3.96. The normalized spacial score (nSPS) is 27.0. The standard InChI is InChI=1S/C24H29NO4S/c1-17-24(29-22-7-2-3-8-23(22)30(17,26)27)18-9-11-20(12-10-18)28-21-13-15-25(16-14-21)19-5-4-6-19/h2-3,7-12,17,19,21,24H,4-6,13-16H2,1H3/t17-,24+/m0/s1. The van der Waals surface area contributed by atoms with Gasteiger partial charge in [0.1, 0.15) is 33.9 Å². The van der Waals surface area contributed by atoms with E-state index < -0.39 is 21.2 Å². The van der Waals surface area contributed by atoms with Gasteiger partial charge in [0.25, 0.3) is 0 Å². The third-order valence-electron chi connectivity index (χ3n) is 6.90. The fourth-order valence-electron chi connectivity index (χ4n) is 4.76. The SMILES string of the molecule is C[C@H]1[C@H](c2ccc(OC3CCN(C4CCC4)CC3)cc2)Oc2ccccc2S1(=O)=O. The van der Waals surface area contributed by atoms with E-state index >= 15 is 0 Å². The fraction of sp³-hybridized carbons (Fsp3) is 0.500. The molecule has 2 fully saturated rings. The topological polar surface area (TPSA) is 55.8 Å². The molecule has 5 nitrogen and oxygen atoms in total. The molecule has 0 spiro atoms. The highest BCUT2D eigenvalue weighted by molar-refractivity contribution is 7.92. The van der Waals surface area contributed by atoms with Gasteiger partial charge >= 0.3 is 0 Å². The molecule has 3 aliphatic rings. The van der Waals surface area contributed by atoms with E-state index in [1.165, 1.54) is 19.3 Å². The van der Waals surface area contributed by atoms with E-state index in [-0.39, 0.29) is 11.0 Å². The first-order valence-electron chi connectivity index (χ1n) is 11.0. The molecular weight excluding hydrogens is 398 g/mol. The summed E-state index contributed by atoms with van der Waals surface area (Å²) in [5.41, 5.74) is 0.854. The summed E-state index contributed by atoms with van der Waals surface area (Å²) in [5.74, 6) is 1.27. The number of fused-ring (bicyclic) bond motifs is 1. The molecule has 0 unspecified atom stereocenters. The minimum Gasteiger partial charge on any atom is -0.490 e. The number of benzene rings is 2. The lowest BCUT2D eigenvalue weighted by Gasteiger charge is -2.41. The highest BCUT2D eigenvalue weighted by Gasteiger charge is 2.40. The van der Waals surface area contributed by atoms with E-state index in [1.54, 1.807) is 31.2 Å². The molecule has 0 aromatic heterocycles. The van der Waals surface area contributed by atoms with Gasteiger partial charge in [0.15, 0.2) is 9.84 Å². The molecule has 2 aromatic rings. The summed E-state index contributed by atoms with van der Waals surface area (Å²) >= 11 is 0. The lowest BCUT2D eigenvalue weighted by molar-refractivity contribution is 0.0493. The Bertz CT molecular complexity index is 992. The molecule has 2 heterocycles. The van der Waals surface area contributed by atoms with Gasteiger partial charge in [0.05, 0.1) is 0 Å². The second-order valence-electron chi connectivity index (χ2n) is 8.74. The first kappa shape index (κ1) is 19.9. The van der Waals surface area contributed by atoms with E-state index in [1.807, 2.05) is 24.3 Å². The predicted molar refractivity (Wildman–Crippen MR) is 116 cm³/mol. The van der Waals surface area contributed by atoms with Crippen molar-refractivity contribution in [2.45, 2.75) is 67.4 Å². The lowest BCUT2D eigenvalue weighted by atomic mass is 9.90. The zero-order valence-electron chi connectivity index (χ0n) is 17.4. The number of nitrogens with zero attached hydrogens (tertiary/aromatic N) is 1. The molecule has 2 atom stereocenters. The number of hydrogen-bond acceptors (Lipinski definition) is 5. The second kappa shape index (κ2) is 7.89. The Morgan fingerprint density at radius 2 is 1.67 bits per heavy atom. The van der Waals surface area contributed by atoms with Crippen LogP contribution in [0.1, 0.15) is 50.7 Å². The number of sulfone groups is 1. The van der Waals surface area contributed by atoms with Crippen molar-refractivity contribution in [2.24, 2.45) is 0 Å². The summed E-state index contributed by atoms with van der Waals surface area (Å²) in [6.07, 6.45) is 5.95. The Morgan fingerprint density at radius 1 is 0.967 bits per heavy atom. The number of hydrogen-bond donors (Lipinski definition) is 0. The minimum atomic E-state index is -3.42. The zero-order chi connectivity index (χ0) is 20.7. The summed E-state index contributed by atoms with van der Waals surface area (Å²) in [7, 11) is -3.42. The van der Waals surface area contributed by atoms with Gasteiger partial charge in [-0.1, -0.05) is 30.7 Å². The maximum Gasteiger partial charge on any atom is 0.188 e. The predicted octanol–water partition coefficient (Wildman–Crippen LogP) is 4.38. The lowest BCUT2D eigenvalue weighted by Crippen LogP contribution is -2.46. The van der Waals surface area contributed by atoms with Crippen LogP contribution in [0, 0.1) is 0 Å². The van der Waals surface area contributed by atoms with Crippen molar-refractivity contribution in [3.63, 3.8) is 0 Å². The molecule has 0 radical (unpaired) electrons. The molecule has 2 aromatic carbocycles. The third-order valence-corrected chi connectivity index (χ3v) is 9.08. The van der Waals surface area contributed by atoms with E-state index in [2.05, 4.69) is 4.90 Å². The Balaban J connectivity index is 1.25. The van der Waals surface area contributed by atoms with Gasteiger partial charge in [-0.05, 0) is 62.4 Å². The maximum absolute atomic E-state index is 12.9. The van der Waals surface area contributed by atoms with E-state index in [9.17, 15) is 8.42 Å². The monoisotopic (exact) mass is 427 g/mol. The van der Waals surface area contributed by atoms with Crippen LogP contribution >= 0.6 is 0 Å². The van der Waals surface area contributed by atoms with Crippen LogP contribution in [-0.2, 0) is 9.84 Å². The van der Waals surface area contributed by atoms with Crippen LogP contribution in [-0.4, -0.2) is 43.8 Å². The average molecular weight is 428 g/mol. The van der Waals surface area contributed by atoms with Crippen LogP contribution in [0.4, 0.5) is 0 Å². The van der Waals surface area contributed by atoms with Gasteiger partial charge in [-0.25, -0.2) is 8.42 Å². The van der Waals surface area contributed by atoms with Crippen LogP contribution in [0.15, 0.2) is 53.4 Å². The third kappa shape index (κ3) is 3.60. The van der Waals surface area contributed by atoms with Crippen molar-refractivity contribution >= 4 is 9.84 Å². The van der Waals surface area contributed by atoms with Crippen molar-refractivity contribution in [3.8, 4) is 11.5 Å². The molecule has 1 saturated heterocycles. The van der Waals surface area contributed by atoms with Crippen molar-refractivity contribution in [1.82, 2.24) is 4.90 Å². The quantitative estimate of drug-likeness (QED) is 0.725. The summed E-state index contributed by atoms with van der Waals surface area (Å²) in [4.78, 5) is 2.90. The summed E-state index contributed by atoms with van der Waals surface area (Å²) < 4.78 is 38.1. The molecule has 160 valence electrons. The molecule has 0 bridgehead atoms. The summed E-state index contributed by atoms with van der Waals surface area (Å²) in [6, 6.07) is 15.4. The van der Waals surface area contributed by atoms with Crippen molar-refractivity contribution in [2.75, 3.05) is 13.1 Å². The Hall–Kier alpha value is -2.05. The molecule has 30 heavy (non-hydrogen) atoms. The molecule has 5 rings (SSSR count). The Morgan fingerprint density at radius 3 is 2.33 bits per heavy atom. The second-order valence-corrected chi connectivity index (χ2v) is 11.0. The molecule has 1 saturated carbocycles. The number of likely N-dealkylation sites (tertiary alicyclic amines) is 1. The first-order chi connectivity index (χ1) is 14.5. The van der Waals surface area contributed by atoms with Crippen LogP contribution in [0.3, 0.4) is 0 Å². The molecule has 0 amide bonds. The first-order valence-corrected chi connectivity index (χ1v) is 12.6. The molecule has 2 aliphatic heterocycles. The summed E-state index contributed by atoms with van der Waals surface area (Å²) in [5, 5.41) is -0.644. The van der Waals surface area contributed by atoms with E-state index in [0.29, 0.717) is 5.75 Å². The van der Waals surface area contributed by atoms with Crippen molar-refractivity contribution < 1.29 is 17.9 Å². The van der Waals surface area contributed by atoms with Gasteiger partial charge in [-0.15, -0.1) is 0 Å². The van der Waals surface area contributed by atoms with E-state index in [4.69, 9.17) is 9.47 Å². The highest BCUT2D eigenvalue weighted by Crippen LogP contribution is 2.41. The maximum atomic E-state index is 12.9. The van der Waals surface area contributed by atoms with Crippen LogP contribution in [0.25, 0.3) is 0 Å². The smallest absolute Gasteiger partial charge is 0.188 e. The van der Waals surface area contributed by atoms with Gasteiger partial charge < -0.3 is 14.4 Å². The van der Waals surface area contributed by atoms with Gasteiger partial charge in [-0.3, -0.25) is 0 Å². The average Bonchev–Trinajstić information content (AvgIpc) is 2.72. The Labute approximate surface area is 178 Å². The van der Waals surface area contributed by atoms with Gasteiger partial charge in [-0.2, -0.15) is 0 Å². The van der Waals surface area contributed by atoms with Crippen molar-refractivity contribution in [3.05, 3.63) is 54.1 Å². The fourth-order valence-corrected chi connectivity index (χ4v) is 6.36. The molecular formula is C24H29NO4S. The highest BCUT2D eigenvalue weighted by atomic mass is 32.2. The number of para-hydroxylation sites is 1. The number of piperidine rings is 1. The Kier molecular flexibility index (Phi) is 5.23. The van der Waals surface area contributed by atoms with Crippen LogP contribution in [0.2, 0.25) is 0 Å². The van der Waals surface area contributed by atoms with Crippen LogP contribution in [0.5, 0.6) is 11.5 Å². The molecule has 6 heteroatoms. The molecule has 1 aliphatic carbocycles. The zero-order valence-corrected chi connectivity index (χ0v) is 18.2. The van der Waals surface area contributed by atoms with Crippen LogP contribution < -0.4 is 9.47 Å². The number of rotatable bonds is 4. The van der Waals surface area contributed by atoms with Crippen molar-refractivity contribution in [1.29, 1.82) is 0 Å². The van der Waals surface area contributed by atoms with Gasteiger partial charge in [0.2, 0.25) is 0 Å².